The van der Waals surface area contributed by atoms with Gasteiger partial charge in [-0.15, -0.1) is 11.8 Å². The van der Waals surface area contributed by atoms with Gasteiger partial charge in [-0.25, -0.2) is 0 Å². The molecule has 2 aromatic heterocycles. The van der Waals surface area contributed by atoms with Crippen molar-refractivity contribution in [2.24, 2.45) is 0 Å². The van der Waals surface area contributed by atoms with E-state index in [1.165, 1.54) is 0 Å². The van der Waals surface area contributed by atoms with Crippen LogP contribution in [0.15, 0.2) is 36.0 Å². The Morgan fingerprint density at radius 2 is 1.56 bits per heavy atom. The second-order valence-electron chi connectivity index (χ2n) is 7.03. The number of hydrogen-bond acceptors (Lipinski definition) is 5. The number of thioether (sulfide) groups is 1. The first-order valence-corrected chi connectivity index (χ1v) is 13.4. The van der Waals surface area contributed by atoms with E-state index >= 15 is 0 Å². The lowest BCUT2D eigenvalue weighted by Gasteiger charge is -2.19. The molecule has 0 amide bonds. The highest BCUT2D eigenvalue weighted by Crippen LogP contribution is 2.30. The van der Waals surface area contributed by atoms with E-state index in [1.807, 2.05) is 53.9 Å². The SMILES string of the molecule is C=C(CC)c1ncc(OC(C)(C)C#N)cc1SC.CC.CC.CC.Cc1cc(C(F)(F)F)cnc1C. The summed E-state index contributed by atoms with van der Waals surface area (Å²) >= 11 is 1.60. The maximum atomic E-state index is 12.1. The van der Waals surface area contributed by atoms with Crippen LogP contribution in [0.2, 0.25) is 0 Å². The van der Waals surface area contributed by atoms with Crippen LogP contribution in [-0.4, -0.2) is 21.8 Å². The molecule has 0 aromatic carbocycles. The van der Waals surface area contributed by atoms with Crippen molar-refractivity contribution in [2.45, 2.75) is 99.3 Å². The second kappa shape index (κ2) is 19.6. The number of rotatable bonds is 5. The van der Waals surface area contributed by atoms with Gasteiger partial charge in [0, 0.05) is 16.8 Å². The summed E-state index contributed by atoms with van der Waals surface area (Å²) in [6.45, 7) is 24.8. The van der Waals surface area contributed by atoms with Crippen LogP contribution in [0, 0.1) is 25.2 Å². The number of nitrogens with zero attached hydrogens (tertiary/aromatic N) is 3. The molecule has 0 aliphatic carbocycles. The fourth-order valence-corrected chi connectivity index (χ4v) is 2.81. The van der Waals surface area contributed by atoms with E-state index in [9.17, 15) is 13.2 Å². The van der Waals surface area contributed by atoms with E-state index in [0.717, 1.165) is 34.8 Å². The van der Waals surface area contributed by atoms with Crippen molar-refractivity contribution in [3.8, 4) is 11.8 Å². The Kier molecular flexibility index (Phi) is 20.7. The van der Waals surface area contributed by atoms with Crippen LogP contribution in [0.25, 0.3) is 5.57 Å². The third-order valence-electron chi connectivity index (χ3n) is 4.12. The highest BCUT2D eigenvalue weighted by atomic mass is 32.2. The molecule has 2 rings (SSSR count). The van der Waals surface area contributed by atoms with Crippen LogP contribution in [0.5, 0.6) is 5.75 Å². The molecule has 0 saturated carbocycles. The number of aryl methyl sites for hydroxylation is 2. The van der Waals surface area contributed by atoms with E-state index in [4.69, 9.17) is 10.00 Å². The van der Waals surface area contributed by atoms with Gasteiger partial charge in [0.25, 0.3) is 0 Å². The molecule has 2 heterocycles. The average molecular weight is 528 g/mol. The number of halogens is 3. The molecule has 0 fully saturated rings. The third kappa shape index (κ3) is 14.1. The Balaban J connectivity index is -0.000000524. The van der Waals surface area contributed by atoms with Crippen molar-refractivity contribution >= 4 is 17.3 Å². The lowest BCUT2D eigenvalue weighted by atomic mass is 10.1. The summed E-state index contributed by atoms with van der Waals surface area (Å²) in [5, 5.41) is 8.95. The van der Waals surface area contributed by atoms with Crippen LogP contribution in [0.3, 0.4) is 0 Å². The van der Waals surface area contributed by atoms with Crippen LogP contribution >= 0.6 is 11.8 Å². The molecule has 0 atom stereocenters. The van der Waals surface area contributed by atoms with Crippen molar-refractivity contribution < 1.29 is 17.9 Å². The first kappa shape index (κ1) is 38.0. The summed E-state index contributed by atoms with van der Waals surface area (Å²) in [6.07, 6.45) is 1.07. The standard InChI is InChI=1S/C14H18N2OS.C8H8F3N.3C2H6/c1-6-10(2)13-12(18-5)7-11(8-16-13)17-14(3,4)9-15;1-5-3-7(8(9,10)11)4-12-6(5)2;3*1-2/h7-8H,2,6H2,1,3-5H3;3-4H,1-2H3;3*1-2H3. The molecule has 8 heteroatoms. The van der Waals surface area contributed by atoms with Crippen molar-refractivity contribution in [3.05, 3.63) is 53.6 Å². The Morgan fingerprint density at radius 3 is 1.94 bits per heavy atom. The van der Waals surface area contributed by atoms with Crippen LogP contribution in [0.4, 0.5) is 13.2 Å². The third-order valence-corrected chi connectivity index (χ3v) is 4.87. The van der Waals surface area contributed by atoms with Gasteiger partial charge in [-0.05, 0) is 63.6 Å². The fraction of sp³-hybridized carbons (Fsp3) is 0.536. The largest absolute Gasteiger partial charge is 0.471 e. The van der Waals surface area contributed by atoms with Gasteiger partial charge < -0.3 is 4.74 Å². The Hall–Kier alpha value is -2.53. The monoisotopic (exact) mass is 527 g/mol. The smallest absolute Gasteiger partial charge is 0.417 e. The highest BCUT2D eigenvalue weighted by molar-refractivity contribution is 7.98. The van der Waals surface area contributed by atoms with Gasteiger partial charge in [0.2, 0.25) is 0 Å². The molecular weight excluding hydrogens is 483 g/mol. The maximum absolute atomic E-state index is 12.1. The minimum atomic E-state index is -4.29. The fourth-order valence-electron chi connectivity index (χ4n) is 2.19. The summed E-state index contributed by atoms with van der Waals surface area (Å²) in [4.78, 5) is 9.03. The zero-order chi connectivity index (χ0) is 29.1. The minimum absolute atomic E-state index is 0.560. The molecule has 36 heavy (non-hydrogen) atoms. The number of aromatic nitrogens is 2. The van der Waals surface area contributed by atoms with Crippen molar-refractivity contribution in [3.63, 3.8) is 0 Å². The molecule has 0 spiro atoms. The lowest BCUT2D eigenvalue weighted by molar-refractivity contribution is -0.137. The Bertz CT molecular complexity index is 937. The normalized spacial score (nSPS) is 9.83. The molecule has 204 valence electrons. The van der Waals surface area contributed by atoms with Gasteiger partial charge >= 0.3 is 6.18 Å². The predicted molar refractivity (Wildman–Crippen MR) is 148 cm³/mol. The molecule has 0 bridgehead atoms. The first-order valence-electron chi connectivity index (χ1n) is 12.2. The quantitative estimate of drug-likeness (QED) is 0.362. The number of allylic oxidation sites excluding steroid dienone is 1. The van der Waals surface area contributed by atoms with Crippen LogP contribution in [-0.2, 0) is 6.18 Å². The number of alkyl halides is 3. The lowest BCUT2D eigenvalue weighted by Crippen LogP contribution is -2.25. The van der Waals surface area contributed by atoms with Gasteiger partial charge in [0.1, 0.15) is 11.8 Å². The van der Waals surface area contributed by atoms with Crippen molar-refractivity contribution in [2.75, 3.05) is 6.26 Å². The average Bonchev–Trinajstić information content (AvgIpc) is 2.88. The molecule has 0 aliphatic heterocycles. The molecule has 2 aromatic rings. The van der Waals surface area contributed by atoms with E-state index in [0.29, 0.717) is 17.0 Å². The van der Waals surface area contributed by atoms with Crippen LogP contribution in [0.1, 0.15) is 91.2 Å². The van der Waals surface area contributed by atoms with Gasteiger partial charge in [0.15, 0.2) is 5.60 Å². The summed E-state index contributed by atoms with van der Waals surface area (Å²) in [5.41, 5.74) is 1.57. The van der Waals surface area contributed by atoms with E-state index in [1.54, 1.807) is 45.7 Å². The molecule has 0 radical (unpaired) electrons. The Morgan fingerprint density at radius 1 is 1.03 bits per heavy atom. The summed E-state index contributed by atoms with van der Waals surface area (Å²) in [5.74, 6) is 0.610. The maximum Gasteiger partial charge on any atom is 0.417 e. The summed E-state index contributed by atoms with van der Waals surface area (Å²) < 4.78 is 41.8. The van der Waals surface area contributed by atoms with E-state index in [-0.39, 0.29) is 0 Å². The summed E-state index contributed by atoms with van der Waals surface area (Å²) in [6, 6.07) is 5.11. The zero-order valence-electron chi connectivity index (χ0n) is 24.0. The molecule has 0 aliphatic rings. The highest BCUT2D eigenvalue weighted by Gasteiger charge is 2.31. The molecular formula is C28H44F3N3OS. The van der Waals surface area contributed by atoms with Crippen molar-refractivity contribution in [1.29, 1.82) is 5.26 Å². The first-order chi connectivity index (χ1) is 16.8. The van der Waals surface area contributed by atoms with Crippen LogP contribution < -0.4 is 4.74 Å². The number of ether oxygens (including phenoxy) is 1. The summed E-state index contributed by atoms with van der Waals surface area (Å²) in [7, 11) is 0. The topological polar surface area (TPSA) is 58.8 Å². The van der Waals surface area contributed by atoms with Gasteiger partial charge in [-0.1, -0.05) is 55.0 Å². The molecule has 0 unspecified atom stereocenters. The molecule has 4 nitrogen and oxygen atoms in total. The van der Waals surface area contributed by atoms with Crippen molar-refractivity contribution in [1.82, 2.24) is 9.97 Å². The van der Waals surface area contributed by atoms with Gasteiger partial charge in [-0.3, -0.25) is 9.97 Å². The predicted octanol–water partition coefficient (Wildman–Crippen LogP) is 9.70. The second-order valence-corrected chi connectivity index (χ2v) is 7.88. The molecule has 0 saturated heterocycles. The van der Waals surface area contributed by atoms with Gasteiger partial charge in [0.05, 0.1) is 17.5 Å². The number of pyridine rings is 2. The number of nitriles is 1. The van der Waals surface area contributed by atoms with E-state index in [2.05, 4.69) is 29.5 Å². The minimum Gasteiger partial charge on any atom is -0.471 e. The zero-order valence-corrected chi connectivity index (χ0v) is 24.8. The Labute approximate surface area is 221 Å². The van der Waals surface area contributed by atoms with E-state index < -0.39 is 17.3 Å². The van der Waals surface area contributed by atoms with Gasteiger partial charge in [-0.2, -0.15) is 18.4 Å². The molecule has 0 N–H and O–H groups in total. The number of hydrogen-bond donors (Lipinski definition) is 0.